The van der Waals surface area contributed by atoms with E-state index in [1.807, 2.05) is 6.92 Å². The Bertz CT molecular complexity index is 866. The molecule has 140 valence electrons. The van der Waals surface area contributed by atoms with Crippen LogP contribution in [-0.2, 0) is 14.8 Å². The van der Waals surface area contributed by atoms with Gasteiger partial charge in [-0.3, -0.25) is 4.79 Å². The van der Waals surface area contributed by atoms with Crippen molar-refractivity contribution in [1.82, 2.24) is 4.31 Å². The molecule has 0 heterocycles. The Kier molecular flexibility index (Phi) is 6.88. The monoisotopic (exact) mass is 416 g/mol. The molecule has 0 spiro atoms. The van der Waals surface area contributed by atoms with E-state index in [9.17, 15) is 13.2 Å². The highest BCUT2D eigenvalue weighted by molar-refractivity contribution is 7.89. The Morgan fingerprint density at radius 3 is 2.23 bits per heavy atom. The zero-order valence-corrected chi connectivity index (χ0v) is 16.5. The normalized spacial score (nSPS) is 11.4. The summed E-state index contributed by atoms with van der Waals surface area (Å²) in [5.74, 6) is 0.0602. The van der Waals surface area contributed by atoms with Gasteiger partial charge in [-0.05, 0) is 49.4 Å². The number of nitrogens with one attached hydrogen (secondary N) is 1. The van der Waals surface area contributed by atoms with Gasteiger partial charge in [-0.1, -0.05) is 23.2 Å². The first-order valence-corrected chi connectivity index (χ1v) is 9.87. The summed E-state index contributed by atoms with van der Waals surface area (Å²) in [6.07, 6.45) is 0. The Labute approximate surface area is 162 Å². The van der Waals surface area contributed by atoms with Gasteiger partial charge in [0.1, 0.15) is 5.75 Å². The predicted octanol–water partition coefficient (Wildman–Crippen LogP) is 3.65. The van der Waals surface area contributed by atoms with E-state index in [0.29, 0.717) is 28.1 Å². The summed E-state index contributed by atoms with van der Waals surface area (Å²) >= 11 is 11.7. The van der Waals surface area contributed by atoms with Crippen molar-refractivity contribution in [3.8, 4) is 5.75 Å². The van der Waals surface area contributed by atoms with Gasteiger partial charge in [0.25, 0.3) is 0 Å². The fourth-order valence-corrected chi connectivity index (χ4v) is 3.82. The number of amides is 1. The molecule has 0 radical (unpaired) electrons. The number of hydrogen-bond acceptors (Lipinski definition) is 4. The molecule has 2 rings (SSSR count). The number of nitrogens with zero attached hydrogens (tertiary/aromatic N) is 1. The topological polar surface area (TPSA) is 75.7 Å². The van der Waals surface area contributed by atoms with Gasteiger partial charge in [0.2, 0.25) is 15.9 Å². The van der Waals surface area contributed by atoms with Crippen LogP contribution >= 0.6 is 23.2 Å². The Balaban J connectivity index is 2.06. The molecule has 26 heavy (non-hydrogen) atoms. The number of halogens is 2. The molecule has 0 saturated carbocycles. The summed E-state index contributed by atoms with van der Waals surface area (Å²) in [6.45, 7) is 1.96. The number of hydrogen-bond donors (Lipinski definition) is 1. The first kappa shape index (κ1) is 20.5. The molecule has 0 atom stereocenters. The van der Waals surface area contributed by atoms with E-state index in [2.05, 4.69) is 5.32 Å². The lowest BCUT2D eigenvalue weighted by atomic mass is 10.3. The minimum absolute atomic E-state index is 0.0713. The molecule has 2 aromatic rings. The summed E-state index contributed by atoms with van der Waals surface area (Å²) in [7, 11) is -2.48. The van der Waals surface area contributed by atoms with Crippen LogP contribution in [0, 0.1) is 0 Å². The van der Waals surface area contributed by atoms with Crippen molar-refractivity contribution in [2.75, 3.05) is 25.5 Å². The molecule has 9 heteroatoms. The first-order valence-electron chi connectivity index (χ1n) is 7.67. The molecule has 0 fully saturated rings. The van der Waals surface area contributed by atoms with Gasteiger partial charge < -0.3 is 10.1 Å². The van der Waals surface area contributed by atoms with Gasteiger partial charge >= 0.3 is 0 Å². The summed E-state index contributed by atoms with van der Waals surface area (Å²) in [4.78, 5) is 12.2. The van der Waals surface area contributed by atoms with E-state index in [0.717, 1.165) is 4.31 Å². The molecule has 0 bridgehead atoms. The zero-order valence-electron chi connectivity index (χ0n) is 14.2. The predicted molar refractivity (Wildman–Crippen MR) is 103 cm³/mol. The highest BCUT2D eigenvalue weighted by Crippen LogP contribution is 2.23. The zero-order chi connectivity index (χ0) is 19.3. The highest BCUT2D eigenvalue weighted by atomic mass is 35.5. The van der Waals surface area contributed by atoms with Crippen LogP contribution in [0.3, 0.4) is 0 Å². The fourth-order valence-electron chi connectivity index (χ4n) is 2.17. The van der Waals surface area contributed by atoms with Crippen LogP contribution < -0.4 is 10.1 Å². The molecule has 0 aromatic heterocycles. The number of carbonyl (C=O) groups excluding carboxylic acids is 1. The lowest BCUT2D eigenvalue weighted by molar-refractivity contribution is -0.116. The third-order valence-electron chi connectivity index (χ3n) is 3.36. The second kappa shape index (κ2) is 8.73. The molecule has 1 N–H and O–H groups in total. The lowest BCUT2D eigenvalue weighted by Gasteiger charge is -2.17. The third-order valence-corrected chi connectivity index (χ3v) is 5.61. The highest BCUT2D eigenvalue weighted by Gasteiger charge is 2.23. The molecular weight excluding hydrogens is 399 g/mol. The largest absolute Gasteiger partial charge is 0.494 e. The molecule has 0 aliphatic rings. The number of likely N-dealkylation sites (N-methyl/N-ethyl adjacent to an activating group) is 1. The summed E-state index contributed by atoms with van der Waals surface area (Å²) in [5, 5.41) is 3.30. The van der Waals surface area contributed by atoms with Crippen molar-refractivity contribution < 1.29 is 17.9 Å². The van der Waals surface area contributed by atoms with Gasteiger partial charge in [-0.15, -0.1) is 0 Å². The molecule has 0 saturated heterocycles. The van der Waals surface area contributed by atoms with Crippen LogP contribution in [0.2, 0.25) is 10.0 Å². The Morgan fingerprint density at radius 2 is 1.69 bits per heavy atom. The molecule has 1 amide bonds. The van der Waals surface area contributed by atoms with Gasteiger partial charge in [0.05, 0.1) is 18.0 Å². The average Bonchev–Trinajstić information content (AvgIpc) is 2.54. The van der Waals surface area contributed by atoms with Crippen molar-refractivity contribution in [2.24, 2.45) is 0 Å². The maximum atomic E-state index is 12.6. The quantitative estimate of drug-likeness (QED) is 0.746. The SMILES string of the molecule is CCOc1ccc(S(=O)(=O)N(C)CC(=O)Nc2cc(Cl)cc(Cl)c2)cc1. The smallest absolute Gasteiger partial charge is 0.243 e. The first-order chi connectivity index (χ1) is 12.2. The van der Waals surface area contributed by atoms with E-state index in [4.69, 9.17) is 27.9 Å². The van der Waals surface area contributed by atoms with Crippen LogP contribution in [0.1, 0.15) is 6.92 Å². The number of sulfonamides is 1. The van der Waals surface area contributed by atoms with E-state index < -0.39 is 15.9 Å². The number of anilines is 1. The number of benzene rings is 2. The van der Waals surface area contributed by atoms with Crippen molar-refractivity contribution >= 4 is 44.8 Å². The maximum Gasteiger partial charge on any atom is 0.243 e. The summed E-state index contributed by atoms with van der Waals surface area (Å²) in [6, 6.07) is 10.6. The molecule has 6 nitrogen and oxygen atoms in total. The average molecular weight is 417 g/mol. The van der Waals surface area contributed by atoms with Crippen LogP contribution in [-0.4, -0.2) is 38.8 Å². The van der Waals surface area contributed by atoms with Gasteiger partial charge in [-0.25, -0.2) is 8.42 Å². The summed E-state index contributed by atoms with van der Waals surface area (Å²) < 4.78 is 31.4. The van der Waals surface area contributed by atoms with Crippen LogP contribution in [0.25, 0.3) is 0 Å². The van der Waals surface area contributed by atoms with E-state index in [-0.39, 0.29) is 11.4 Å². The number of ether oxygens (including phenoxy) is 1. The van der Waals surface area contributed by atoms with Gasteiger partial charge in [0.15, 0.2) is 0 Å². The second-order valence-corrected chi connectivity index (χ2v) is 8.29. The minimum atomic E-state index is -3.81. The maximum absolute atomic E-state index is 12.6. The molecular formula is C17H18Cl2N2O4S. The van der Waals surface area contributed by atoms with Crippen LogP contribution in [0.5, 0.6) is 5.75 Å². The molecule has 0 aliphatic heterocycles. The van der Waals surface area contributed by atoms with Gasteiger partial charge in [0, 0.05) is 22.8 Å². The van der Waals surface area contributed by atoms with Crippen molar-refractivity contribution in [1.29, 1.82) is 0 Å². The van der Waals surface area contributed by atoms with E-state index in [1.165, 1.54) is 37.4 Å². The van der Waals surface area contributed by atoms with E-state index in [1.54, 1.807) is 12.1 Å². The number of carbonyl (C=O) groups is 1. The standard InChI is InChI=1S/C17H18Cl2N2O4S/c1-3-25-15-4-6-16(7-5-15)26(23,24)21(2)11-17(22)20-14-9-12(18)8-13(19)10-14/h4-10H,3,11H2,1-2H3,(H,20,22). The fraction of sp³-hybridized carbons (Fsp3) is 0.235. The molecule has 0 aliphatic carbocycles. The summed E-state index contributed by atoms with van der Waals surface area (Å²) in [5.41, 5.74) is 0.388. The van der Waals surface area contributed by atoms with Crippen molar-refractivity contribution in [2.45, 2.75) is 11.8 Å². The van der Waals surface area contributed by atoms with Gasteiger partial charge in [-0.2, -0.15) is 4.31 Å². The Hall–Kier alpha value is -1.80. The second-order valence-electron chi connectivity index (χ2n) is 5.37. The van der Waals surface area contributed by atoms with Crippen LogP contribution in [0.15, 0.2) is 47.4 Å². The van der Waals surface area contributed by atoms with Crippen molar-refractivity contribution in [3.63, 3.8) is 0 Å². The molecule has 2 aromatic carbocycles. The Morgan fingerprint density at radius 1 is 1.12 bits per heavy atom. The van der Waals surface area contributed by atoms with Crippen molar-refractivity contribution in [3.05, 3.63) is 52.5 Å². The minimum Gasteiger partial charge on any atom is -0.494 e. The third kappa shape index (κ3) is 5.35. The molecule has 0 unspecified atom stereocenters. The van der Waals surface area contributed by atoms with Crippen LogP contribution in [0.4, 0.5) is 5.69 Å². The number of rotatable bonds is 7. The lowest BCUT2D eigenvalue weighted by Crippen LogP contribution is -2.34. The van der Waals surface area contributed by atoms with E-state index >= 15 is 0 Å².